The molecule has 13 heavy (non-hydrogen) atoms. The van der Waals surface area contributed by atoms with Gasteiger partial charge in [-0.05, 0) is 13.0 Å². The van der Waals surface area contributed by atoms with Gasteiger partial charge in [0.1, 0.15) is 11.8 Å². The molecule has 68 valence electrons. The van der Waals surface area contributed by atoms with Crippen molar-refractivity contribution in [2.45, 2.75) is 6.92 Å². The molecule has 0 saturated carbocycles. The van der Waals surface area contributed by atoms with Gasteiger partial charge in [-0.1, -0.05) is 0 Å². The highest BCUT2D eigenvalue weighted by molar-refractivity contribution is 5.43. The van der Waals surface area contributed by atoms with Gasteiger partial charge in [0.2, 0.25) is 0 Å². The van der Waals surface area contributed by atoms with E-state index in [9.17, 15) is 8.78 Å². The van der Waals surface area contributed by atoms with E-state index in [-0.39, 0.29) is 11.3 Å². The molecule has 0 spiro atoms. The van der Waals surface area contributed by atoms with Crippen LogP contribution in [0.25, 0.3) is 0 Å². The van der Waals surface area contributed by atoms with E-state index in [1.807, 2.05) is 0 Å². The van der Waals surface area contributed by atoms with Crippen molar-refractivity contribution in [3.05, 3.63) is 29.3 Å². The van der Waals surface area contributed by atoms with Crippen LogP contribution in [0.1, 0.15) is 12.5 Å². The topological polar surface area (TPSA) is 33.0 Å². The summed E-state index contributed by atoms with van der Waals surface area (Å²) >= 11 is 0. The molecule has 0 unspecified atom stereocenters. The molecule has 0 aliphatic rings. The fourth-order valence-corrected chi connectivity index (χ4v) is 0.891. The third-order valence-electron chi connectivity index (χ3n) is 1.44. The van der Waals surface area contributed by atoms with Gasteiger partial charge in [0.05, 0.1) is 12.2 Å². The van der Waals surface area contributed by atoms with Gasteiger partial charge >= 0.3 is 0 Å². The Hall–Kier alpha value is -1.63. The summed E-state index contributed by atoms with van der Waals surface area (Å²) in [5.41, 5.74) is 0.000694. The minimum Gasteiger partial charge on any atom is -0.492 e. The van der Waals surface area contributed by atoms with Gasteiger partial charge in [-0.3, -0.25) is 0 Å². The van der Waals surface area contributed by atoms with Crippen molar-refractivity contribution in [2.75, 3.05) is 6.61 Å². The fourth-order valence-electron chi connectivity index (χ4n) is 0.891. The quantitative estimate of drug-likeness (QED) is 0.704. The smallest absolute Gasteiger partial charge is 0.162 e. The molecule has 0 N–H and O–H groups in total. The number of ether oxygens (including phenoxy) is 1. The summed E-state index contributed by atoms with van der Waals surface area (Å²) in [6.07, 6.45) is 0. The first-order valence-electron chi connectivity index (χ1n) is 3.71. The van der Waals surface area contributed by atoms with Gasteiger partial charge < -0.3 is 4.74 Å². The van der Waals surface area contributed by atoms with Crippen LogP contribution in [0.4, 0.5) is 8.78 Å². The zero-order chi connectivity index (χ0) is 9.84. The molecule has 1 aromatic rings. The molecule has 0 aliphatic heterocycles. The molecule has 0 atom stereocenters. The zero-order valence-corrected chi connectivity index (χ0v) is 6.97. The zero-order valence-electron chi connectivity index (χ0n) is 6.97. The van der Waals surface area contributed by atoms with Crippen LogP contribution in [0.15, 0.2) is 12.1 Å². The van der Waals surface area contributed by atoms with E-state index >= 15 is 0 Å². The van der Waals surface area contributed by atoms with Gasteiger partial charge in [-0.15, -0.1) is 0 Å². The Morgan fingerprint density at radius 3 is 2.54 bits per heavy atom. The summed E-state index contributed by atoms with van der Waals surface area (Å²) in [7, 11) is 0. The molecule has 4 heteroatoms. The average molecular weight is 183 g/mol. The lowest BCUT2D eigenvalue weighted by molar-refractivity contribution is 0.335. The maximum Gasteiger partial charge on any atom is 0.162 e. The van der Waals surface area contributed by atoms with Crippen molar-refractivity contribution in [3.8, 4) is 11.8 Å². The predicted molar refractivity (Wildman–Crippen MR) is 42.2 cm³/mol. The number of rotatable bonds is 2. The Bertz CT molecular complexity index is 357. The second-order valence-electron chi connectivity index (χ2n) is 2.31. The maximum absolute atomic E-state index is 12.7. The van der Waals surface area contributed by atoms with Crippen molar-refractivity contribution in [1.29, 1.82) is 5.26 Å². The largest absolute Gasteiger partial charge is 0.492 e. The number of benzene rings is 1. The van der Waals surface area contributed by atoms with Crippen molar-refractivity contribution in [3.63, 3.8) is 0 Å². The molecular weight excluding hydrogens is 176 g/mol. The van der Waals surface area contributed by atoms with Crippen LogP contribution in [0.3, 0.4) is 0 Å². The molecule has 0 bridgehead atoms. The van der Waals surface area contributed by atoms with E-state index in [1.54, 1.807) is 13.0 Å². The molecule has 0 fully saturated rings. The van der Waals surface area contributed by atoms with E-state index in [4.69, 9.17) is 10.00 Å². The highest BCUT2D eigenvalue weighted by Crippen LogP contribution is 2.21. The Morgan fingerprint density at radius 2 is 2.00 bits per heavy atom. The van der Waals surface area contributed by atoms with Crippen LogP contribution in [-0.4, -0.2) is 6.61 Å². The number of halogens is 2. The normalized spacial score (nSPS) is 9.38. The van der Waals surface area contributed by atoms with E-state index < -0.39 is 11.6 Å². The first-order chi connectivity index (χ1) is 6.19. The van der Waals surface area contributed by atoms with Crippen LogP contribution in [0, 0.1) is 23.0 Å². The number of nitriles is 1. The molecule has 0 amide bonds. The SMILES string of the molecule is CCOc1cc(F)c(F)cc1C#N. The first-order valence-corrected chi connectivity index (χ1v) is 3.71. The third-order valence-corrected chi connectivity index (χ3v) is 1.44. The molecule has 0 heterocycles. The lowest BCUT2D eigenvalue weighted by Gasteiger charge is -2.04. The number of hydrogen-bond donors (Lipinski definition) is 0. The second-order valence-corrected chi connectivity index (χ2v) is 2.31. The molecule has 1 aromatic carbocycles. The van der Waals surface area contributed by atoms with Gasteiger partial charge in [-0.2, -0.15) is 5.26 Å². The summed E-state index contributed by atoms with van der Waals surface area (Å²) in [4.78, 5) is 0. The lowest BCUT2D eigenvalue weighted by Crippen LogP contribution is -1.97. The maximum atomic E-state index is 12.7. The van der Waals surface area contributed by atoms with E-state index in [2.05, 4.69) is 0 Å². The minimum atomic E-state index is -1.04. The van der Waals surface area contributed by atoms with Crippen molar-refractivity contribution in [2.24, 2.45) is 0 Å². The molecule has 2 nitrogen and oxygen atoms in total. The van der Waals surface area contributed by atoms with Crippen LogP contribution in [-0.2, 0) is 0 Å². The molecule has 1 rings (SSSR count). The monoisotopic (exact) mass is 183 g/mol. The molecular formula is C9H7F2NO. The highest BCUT2D eigenvalue weighted by atomic mass is 19.2. The Labute approximate surface area is 74.4 Å². The Kier molecular flexibility index (Phi) is 2.80. The van der Waals surface area contributed by atoms with Gasteiger partial charge in [-0.25, -0.2) is 8.78 Å². The summed E-state index contributed by atoms with van der Waals surface area (Å²) < 4.78 is 30.2. The highest BCUT2D eigenvalue weighted by Gasteiger charge is 2.09. The summed E-state index contributed by atoms with van der Waals surface area (Å²) in [6.45, 7) is 2.00. The van der Waals surface area contributed by atoms with Gasteiger partial charge in [0.25, 0.3) is 0 Å². The molecule has 0 aliphatic carbocycles. The minimum absolute atomic E-state index is 0.000694. The van der Waals surface area contributed by atoms with E-state index in [1.165, 1.54) is 0 Å². The number of hydrogen-bond acceptors (Lipinski definition) is 2. The van der Waals surface area contributed by atoms with Crippen LogP contribution in [0.2, 0.25) is 0 Å². The first kappa shape index (κ1) is 9.46. The molecule has 0 aromatic heterocycles. The average Bonchev–Trinajstić information content (AvgIpc) is 2.11. The Balaban J connectivity index is 3.18. The Morgan fingerprint density at radius 1 is 1.38 bits per heavy atom. The van der Waals surface area contributed by atoms with Gasteiger partial charge in [0.15, 0.2) is 11.6 Å². The summed E-state index contributed by atoms with van der Waals surface area (Å²) in [5, 5.41) is 8.54. The fraction of sp³-hybridized carbons (Fsp3) is 0.222. The lowest BCUT2D eigenvalue weighted by atomic mass is 10.2. The van der Waals surface area contributed by atoms with Crippen LogP contribution < -0.4 is 4.74 Å². The third kappa shape index (κ3) is 1.94. The van der Waals surface area contributed by atoms with Crippen molar-refractivity contribution < 1.29 is 13.5 Å². The van der Waals surface area contributed by atoms with Gasteiger partial charge in [0, 0.05) is 6.07 Å². The number of nitrogens with zero attached hydrogens (tertiary/aromatic N) is 1. The van der Waals surface area contributed by atoms with E-state index in [0.717, 1.165) is 12.1 Å². The standard InChI is InChI=1S/C9H7F2NO/c1-2-13-9-4-8(11)7(10)3-6(9)5-12/h3-4H,2H2,1H3. The van der Waals surface area contributed by atoms with Crippen molar-refractivity contribution in [1.82, 2.24) is 0 Å². The molecule has 0 radical (unpaired) electrons. The van der Waals surface area contributed by atoms with E-state index in [0.29, 0.717) is 6.61 Å². The predicted octanol–water partition coefficient (Wildman–Crippen LogP) is 2.24. The van der Waals surface area contributed by atoms with Crippen LogP contribution in [0.5, 0.6) is 5.75 Å². The molecule has 0 saturated heterocycles. The summed E-state index contributed by atoms with van der Waals surface area (Å²) in [5.74, 6) is -1.98. The summed E-state index contributed by atoms with van der Waals surface area (Å²) in [6, 6.07) is 3.41. The second kappa shape index (κ2) is 3.85. The van der Waals surface area contributed by atoms with Crippen molar-refractivity contribution >= 4 is 0 Å². The van der Waals surface area contributed by atoms with Crippen LogP contribution >= 0.6 is 0 Å².